The molecule has 2 heterocycles. The molecule has 0 aliphatic heterocycles. The normalized spacial score (nSPS) is 10.6. The lowest BCUT2D eigenvalue weighted by atomic mass is 10.1. The Kier molecular flexibility index (Phi) is 6.62. The fourth-order valence-electron chi connectivity index (χ4n) is 2.71. The van der Waals surface area contributed by atoms with Crippen molar-refractivity contribution in [3.63, 3.8) is 0 Å². The Morgan fingerprint density at radius 2 is 1.78 bits per heavy atom. The Morgan fingerprint density at radius 1 is 1.00 bits per heavy atom. The van der Waals surface area contributed by atoms with Crippen LogP contribution in [0.4, 0.5) is 0 Å². The monoisotopic (exact) mass is 385 g/mol. The highest BCUT2D eigenvalue weighted by Crippen LogP contribution is 2.42. The maximum Gasteiger partial charge on any atom is 0.203 e. The molecule has 0 saturated heterocycles. The first-order chi connectivity index (χ1) is 13.2. The van der Waals surface area contributed by atoms with Gasteiger partial charge in [0, 0.05) is 43.2 Å². The number of hydrogen-bond donors (Lipinski definition) is 1. The van der Waals surface area contributed by atoms with Gasteiger partial charge in [0.15, 0.2) is 11.5 Å². The third kappa shape index (κ3) is 4.75. The smallest absolute Gasteiger partial charge is 0.203 e. The fourth-order valence-corrected chi connectivity index (χ4v) is 3.58. The first kappa shape index (κ1) is 19.1. The molecule has 6 nitrogen and oxygen atoms in total. The second kappa shape index (κ2) is 9.34. The van der Waals surface area contributed by atoms with Crippen molar-refractivity contribution < 1.29 is 14.2 Å². The minimum Gasteiger partial charge on any atom is -0.493 e. The SMILES string of the molecule is COc1cc(-c2cnc(CNCCc3ccccn3)s2)cc(OC)c1OC. The molecule has 0 radical (unpaired) electrons. The molecule has 0 amide bonds. The number of ether oxygens (including phenoxy) is 3. The number of benzene rings is 1. The molecule has 2 aromatic heterocycles. The Morgan fingerprint density at radius 3 is 2.41 bits per heavy atom. The molecule has 0 aliphatic carbocycles. The second-order valence-corrected chi connectivity index (χ2v) is 6.90. The molecule has 1 aromatic carbocycles. The largest absolute Gasteiger partial charge is 0.493 e. The average molecular weight is 385 g/mol. The van der Waals surface area contributed by atoms with Crippen LogP contribution < -0.4 is 19.5 Å². The molecule has 3 aromatic rings. The fraction of sp³-hybridized carbons (Fsp3) is 0.300. The van der Waals surface area contributed by atoms with Crippen molar-refractivity contribution in [3.8, 4) is 27.7 Å². The van der Waals surface area contributed by atoms with E-state index in [-0.39, 0.29) is 0 Å². The van der Waals surface area contributed by atoms with Gasteiger partial charge in [-0.3, -0.25) is 4.98 Å². The van der Waals surface area contributed by atoms with Crippen LogP contribution in [0.2, 0.25) is 0 Å². The maximum absolute atomic E-state index is 5.43. The second-order valence-electron chi connectivity index (χ2n) is 5.78. The molecule has 0 fully saturated rings. The minimum absolute atomic E-state index is 0.588. The van der Waals surface area contributed by atoms with Gasteiger partial charge >= 0.3 is 0 Å². The number of rotatable bonds is 9. The Balaban J connectivity index is 1.65. The summed E-state index contributed by atoms with van der Waals surface area (Å²) in [5.41, 5.74) is 2.07. The quantitative estimate of drug-likeness (QED) is 0.568. The van der Waals surface area contributed by atoms with Crippen LogP contribution >= 0.6 is 11.3 Å². The lowest BCUT2D eigenvalue weighted by Gasteiger charge is -2.13. The summed E-state index contributed by atoms with van der Waals surface area (Å²) < 4.78 is 16.2. The summed E-state index contributed by atoms with van der Waals surface area (Å²) in [4.78, 5) is 9.90. The molecule has 3 rings (SSSR count). The van der Waals surface area contributed by atoms with E-state index >= 15 is 0 Å². The van der Waals surface area contributed by atoms with Crippen LogP contribution in [0.5, 0.6) is 17.2 Å². The van der Waals surface area contributed by atoms with Crippen molar-refractivity contribution in [2.45, 2.75) is 13.0 Å². The molecule has 0 atom stereocenters. The maximum atomic E-state index is 5.43. The molecule has 0 aliphatic rings. The molecule has 27 heavy (non-hydrogen) atoms. The Hall–Kier alpha value is -2.64. The number of pyridine rings is 1. The van der Waals surface area contributed by atoms with Gasteiger partial charge < -0.3 is 19.5 Å². The van der Waals surface area contributed by atoms with Crippen molar-refractivity contribution in [2.75, 3.05) is 27.9 Å². The van der Waals surface area contributed by atoms with Gasteiger partial charge in [0.05, 0.1) is 26.2 Å². The van der Waals surface area contributed by atoms with Gasteiger partial charge in [0.1, 0.15) is 5.01 Å². The van der Waals surface area contributed by atoms with E-state index in [9.17, 15) is 0 Å². The van der Waals surface area contributed by atoms with Gasteiger partial charge in [-0.1, -0.05) is 6.07 Å². The predicted octanol–water partition coefficient (Wildman–Crippen LogP) is 3.56. The minimum atomic E-state index is 0.588. The van der Waals surface area contributed by atoms with Gasteiger partial charge in [0.2, 0.25) is 5.75 Å². The molecule has 1 N–H and O–H groups in total. The molecular formula is C20H23N3O3S. The summed E-state index contributed by atoms with van der Waals surface area (Å²) in [6.07, 6.45) is 4.59. The number of hydrogen-bond acceptors (Lipinski definition) is 7. The average Bonchev–Trinajstić information content (AvgIpc) is 3.19. The van der Waals surface area contributed by atoms with E-state index in [4.69, 9.17) is 14.2 Å². The van der Waals surface area contributed by atoms with E-state index < -0.39 is 0 Å². The van der Waals surface area contributed by atoms with Crippen molar-refractivity contribution >= 4 is 11.3 Å². The molecule has 142 valence electrons. The standard InChI is InChI=1S/C20H23N3O3S/c1-24-16-10-14(11-17(25-2)20(16)26-3)18-12-23-19(27-18)13-21-9-7-15-6-4-5-8-22-15/h4-6,8,10-12,21H,7,9,13H2,1-3H3. The summed E-state index contributed by atoms with van der Waals surface area (Å²) in [7, 11) is 4.83. The Labute approximate surface area is 163 Å². The zero-order chi connectivity index (χ0) is 19.1. The van der Waals surface area contributed by atoms with Crippen molar-refractivity contribution in [3.05, 3.63) is 53.4 Å². The van der Waals surface area contributed by atoms with Crippen molar-refractivity contribution in [1.29, 1.82) is 0 Å². The zero-order valence-corrected chi connectivity index (χ0v) is 16.5. The van der Waals surface area contributed by atoms with Crippen LogP contribution in [0.3, 0.4) is 0 Å². The molecule has 0 bridgehead atoms. The van der Waals surface area contributed by atoms with E-state index in [0.29, 0.717) is 17.2 Å². The zero-order valence-electron chi connectivity index (χ0n) is 15.7. The van der Waals surface area contributed by atoms with E-state index in [2.05, 4.69) is 15.3 Å². The summed E-state index contributed by atoms with van der Waals surface area (Å²) in [6, 6.07) is 9.85. The lowest BCUT2D eigenvalue weighted by Crippen LogP contribution is -2.16. The molecule has 0 saturated carbocycles. The van der Waals surface area contributed by atoms with E-state index in [1.54, 1.807) is 32.7 Å². The number of thiazole rings is 1. The lowest BCUT2D eigenvalue weighted by molar-refractivity contribution is 0.324. The first-order valence-corrected chi connectivity index (χ1v) is 9.42. The highest BCUT2D eigenvalue weighted by Gasteiger charge is 2.15. The van der Waals surface area contributed by atoms with Crippen LogP contribution in [-0.2, 0) is 13.0 Å². The Bertz CT molecular complexity index is 843. The van der Waals surface area contributed by atoms with Gasteiger partial charge in [-0.25, -0.2) is 4.98 Å². The number of nitrogens with zero attached hydrogens (tertiary/aromatic N) is 2. The van der Waals surface area contributed by atoms with Crippen molar-refractivity contribution in [1.82, 2.24) is 15.3 Å². The van der Waals surface area contributed by atoms with E-state index in [1.807, 2.05) is 42.7 Å². The van der Waals surface area contributed by atoms with Crippen LogP contribution in [0.1, 0.15) is 10.7 Å². The summed E-state index contributed by atoms with van der Waals surface area (Å²) in [5, 5.41) is 4.44. The number of aromatic nitrogens is 2. The van der Waals surface area contributed by atoms with Crippen LogP contribution in [0.25, 0.3) is 10.4 Å². The summed E-state index contributed by atoms with van der Waals surface area (Å²) >= 11 is 1.64. The van der Waals surface area contributed by atoms with Gasteiger partial charge in [-0.2, -0.15) is 0 Å². The predicted molar refractivity (Wildman–Crippen MR) is 107 cm³/mol. The van der Waals surface area contributed by atoms with Gasteiger partial charge in [-0.05, 0) is 24.3 Å². The highest BCUT2D eigenvalue weighted by atomic mass is 32.1. The highest BCUT2D eigenvalue weighted by molar-refractivity contribution is 7.15. The van der Waals surface area contributed by atoms with E-state index in [0.717, 1.165) is 40.7 Å². The topological polar surface area (TPSA) is 65.5 Å². The van der Waals surface area contributed by atoms with Crippen LogP contribution in [0, 0.1) is 0 Å². The first-order valence-electron chi connectivity index (χ1n) is 8.61. The molecular weight excluding hydrogens is 362 g/mol. The molecule has 0 spiro atoms. The van der Waals surface area contributed by atoms with Crippen molar-refractivity contribution in [2.24, 2.45) is 0 Å². The van der Waals surface area contributed by atoms with Crippen LogP contribution in [-0.4, -0.2) is 37.8 Å². The molecule has 0 unspecified atom stereocenters. The third-order valence-electron chi connectivity index (χ3n) is 4.06. The van der Waals surface area contributed by atoms with Gasteiger partial charge in [0.25, 0.3) is 0 Å². The number of methoxy groups -OCH3 is 3. The van der Waals surface area contributed by atoms with Gasteiger partial charge in [-0.15, -0.1) is 11.3 Å². The van der Waals surface area contributed by atoms with Crippen LogP contribution in [0.15, 0.2) is 42.7 Å². The summed E-state index contributed by atoms with van der Waals surface area (Å²) in [5.74, 6) is 1.86. The molecule has 7 heteroatoms. The number of nitrogens with one attached hydrogen (secondary N) is 1. The third-order valence-corrected chi connectivity index (χ3v) is 5.11. The summed E-state index contributed by atoms with van der Waals surface area (Å²) in [6.45, 7) is 1.58. The van der Waals surface area contributed by atoms with E-state index in [1.165, 1.54) is 0 Å².